The van der Waals surface area contributed by atoms with Crippen LogP contribution >= 0.6 is 23.4 Å². The summed E-state index contributed by atoms with van der Waals surface area (Å²) >= 11 is 7.08. The van der Waals surface area contributed by atoms with E-state index in [9.17, 15) is 9.90 Å². The van der Waals surface area contributed by atoms with Gasteiger partial charge in [-0.25, -0.2) is 9.97 Å². The molecule has 0 radical (unpaired) electrons. The molecule has 8 heteroatoms. The van der Waals surface area contributed by atoms with Crippen LogP contribution in [0.1, 0.15) is 5.56 Å². The number of aromatic nitrogens is 2. The Morgan fingerprint density at radius 1 is 1.20 bits per heavy atom. The molecule has 1 aromatic heterocycles. The lowest BCUT2D eigenvalue weighted by atomic mass is 10.1. The van der Waals surface area contributed by atoms with Gasteiger partial charge in [0, 0.05) is 43.7 Å². The van der Waals surface area contributed by atoms with E-state index in [1.54, 1.807) is 6.07 Å². The van der Waals surface area contributed by atoms with E-state index in [4.69, 9.17) is 11.6 Å². The van der Waals surface area contributed by atoms with E-state index < -0.39 is 5.97 Å². The molecule has 0 atom stereocenters. The number of para-hydroxylation sites is 1. The number of rotatable bonds is 5. The highest BCUT2D eigenvalue weighted by Crippen LogP contribution is 2.25. The van der Waals surface area contributed by atoms with Crippen LogP contribution in [-0.4, -0.2) is 47.9 Å². The van der Waals surface area contributed by atoms with Crippen LogP contribution in [0.4, 0.5) is 11.5 Å². The SMILES string of the molecule is Cc1ccccc1N1CCN(c2cc(Cl)nc(SCC(=O)[O-])n2)CC1. The number of carboxylic acid groups (broad SMARTS) is 1. The first-order valence-corrected chi connectivity index (χ1v) is 9.32. The minimum absolute atomic E-state index is 0.194. The second-order valence-corrected chi connectivity index (χ2v) is 7.08. The smallest absolute Gasteiger partial charge is 0.191 e. The van der Waals surface area contributed by atoms with Gasteiger partial charge in [0.2, 0.25) is 0 Å². The molecular formula is C17H18ClN4O2S-. The number of carbonyl (C=O) groups is 1. The number of hydrogen-bond acceptors (Lipinski definition) is 7. The second-order valence-electron chi connectivity index (χ2n) is 5.75. The number of hydrogen-bond donors (Lipinski definition) is 0. The Morgan fingerprint density at radius 3 is 2.56 bits per heavy atom. The first-order valence-electron chi connectivity index (χ1n) is 7.95. The van der Waals surface area contributed by atoms with Crippen LogP contribution in [0.3, 0.4) is 0 Å². The van der Waals surface area contributed by atoms with E-state index in [0.717, 1.165) is 43.8 Å². The van der Waals surface area contributed by atoms with E-state index in [1.165, 1.54) is 11.3 Å². The topological polar surface area (TPSA) is 72.4 Å². The highest BCUT2D eigenvalue weighted by atomic mass is 35.5. The van der Waals surface area contributed by atoms with Crippen molar-refractivity contribution in [2.45, 2.75) is 12.1 Å². The van der Waals surface area contributed by atoms with Crippen LogP contribution in [-0.2, 0) is 4.79 Å². The molecule has 0 amide bonds. The lowest BCUT2D eigenvalue weighted by Gasteiger charge is -2.37. The van der Waals surface area contributed by atoms with Gasteiger partial charge in [-0.15, -0.1) is 0 Å². The molecule has 1 aliphatic rings. The average molecular weight is 378 g/mol. The van der Waals surface area contributed by atoms with E-state index in [0.29, 0.717) is 10.3 Å². The van der Waals surface area contributed by atoms with Crippen molar-refractivity contribution in [1.29, 1.82) is 0 Å². The van der Waals surface area contributed by atoms with Crippen molar-refractivity contribution in [1.82, 2.24) is 9.97 Å². The van der Waals surface area contributed by atoms with Gasteiger partial charge in [0.15, 0.2) is 5.16 Å². The molecule has 0 spiro atoms. The summed E-state index contributed by atoms with van der Waals surface area (Å²) in [5, 5.41) is 11.3. The van der Waals surface area contributed by atoms with Crippen LogP contribution in [0.5, 0.6) is 0 Å². The molecule has 0 unspecified atom stereocenters. The molecule has 132 valence electrons. The van der Waals surface area contributed by atoms with Crippen molar-refractivity contribution in [2.75, 3.05) is 41.7 Å². The lowest BCUT2D eigenvalue weighted by Crippen LogP contribution is -2.47. The Hall–Kier alpha value is -1.99. The van der Waals surface area contributed by atoms with Crippen molar-refractivity contribution < 1.29 is 9.90 Å². The fraction of sp³-hybridized carbons (Fsp3) is 0.353. The predicted molar refractivity (Wildman–Crippen MR) is 98.4 cm³/mol. The van der Waals surface area contributed by atoms with Crippen LogP contribution in [0.2, 0.25) is 5.15 Å². The first-order chi connectivity index (χ1) is 12.0. The maximum absolute atomic E-state index is 10.6. The Balaban J connectivity index is 1.68. The largest absolute Gasteiger partial charge is 0.549 e. The summed E-state index contributed by atoms with van der Waals surface area (Å²) in [5.41, 5.74) is 2.52. The van der Waals surface area contributed by atoms with Crippen molar-refractivity contribution in [3.63, 3.8) is 0 Å². The number of aryl methyl sites for hydroxylation is 1. The summed E-state index contributed by atoms with van der Waals surface area (Å²) in [4.78, 5) is 23.6. The molecular weight excluding hydrogens is 360 g/mol. The van der Waals surface area contributed by atoms with Gasteiger partial charge in [-0.2, -0.15) is 0 Å². The van der Waals surface area contributed by atoms with Crippen LogP contribution in [0.25, 0.3) is 0 Å². The molecule has 3 rings (SSSR count). The van der Waals surface area contributed by atoms with Crippen molar-refractivity contribution in [3.05, 3.63) is 41.0 Å². The van der Waals surface area contributed by atoms with E-state index in [2.05, 4.69) is 44.9 Å². The number of carboxylic acids is 1. The zero-order chi connectivity index (χ0) is 17.8. The summed E-state index contributed by atoms with van der Waals surface area (Å²) in [6.45, 7) is 5.51. The molecule has 1 aliphatic heterocycles. The van der Waals surface area contributed by atoms with E-state index in [-0.39, 0.29) is 5.75 Å². The molecule has 2 heterocycles. The third-order valence-electron chi connectivity index (χ3n) is 4.04. The number of piperazine rings is 1. The molecule has 1 saturated heterocycles. The Kier molecular flexibility index (Phi) is 5.65. The standard InChI is InChI=1S/C17H19ClN4O2S/c1-12-4-2-3-5-13(12)21-6-8-22(9-7-21)15-10-14(18)19-17(20-15)25-11-16(23)24/h2-5,10H,6-9,11H2,1H3,(H,23,24)/p-1. The maximum atomic E-state index is 10.6. The lowest BCUT2D eigenvalue weighted by molar-refractivity contribution is -0.301. The highest BCUT2D eigenvalue weighted by Gasteiger charge is 2.20. The zero-order valence-electron chi connectivity index (χ0n) is 13.8. The third-order valence-corrected chi connectivity index (χ3v) is 5.05. The van der Waals surface area contributed by atoms with E-state index in [1.807, 2.05) is 6.07 Å². The number of anilines is 2. The molecule has 0 aliphatic carbocycles. The van der Waals surface area contributed by atoms with Gasteiger partial charge in [0.1, 0.15) is 11.0 Å². The monoisotopic (exact) mass is 377 g/mol. The fourth-order valence-corrected chi connectivity index (χ4v) is 3.63. The summed E-state index contributed by atoms with van der Waals surface area (Å²) in [7, 11) is 0. The molecule has 1 fully saturated rings. The minimum atomic E-state index is -1.15. The molecule has 0 saturated carbocycles. The summed E-state index contributed by atoms with van der Waals surface area (Å²) in [6.07, 6.45) is 0. The minimum Gasteiger partial charge on any atom is -0.549 e. The normalized spacial score (nSPS) is 14.6. The van der Waals surface area contributed by atoms with Crippen molar-refractivity contribution >= 4 is 40.8 Å². The van der Waals surface area contributed by atoms with Gasteiger partial charge >= 0.3 is 0 Å². The fourth-order valence-electron chi connectivity index (χ4n) is 2.83. The number of thioether (sulfide) groups is 1. The van der Waals surface area contributed by atoms with E-state index >= 15 is 0 Å². The number of halogens is 1. The van der Waals surface area contributed by atoms with Crippen molar-refractivity contribution in [2.24, 2.45) is 0 Å². The average Bonchev–Trinajstić information content (AvgIpc) is 2.60. The third kappa shape index (κ3) is 4.55. The maximum Gasteiger partial charge on any atom is 0.191 e. The van der Waals surface area contributed by atoms with Crippen molar-refractivity contribution in [3.8, 4) is 0 Å². The summed E-state index contributed by atoms with van der Waals surface area (Å²) in [5.74, 6) is -0.617. The van der Waals surface area contributed by atoms with Gasteiger partial charge in [0.25, 0.3) is 0 Å². The number of benzene rings is 1. The molecule has 25 heavy (non-hydrogen) atoms. The zero-order valence-corrected chi connectivity index (χ0v) is 15.4. The molecule has 0 bridgehead atoms. The number of nitrogens with zero attached hydrogens (tertiary/aromatic N) is 4. The van der Waals surface area contributed by atoms with Crippen LogP contribution in [0, 0.1) is 6.92 Å². The first kappa shape index (κ1) is 17.8. The van der Waals surface area contributed by atoms with Gasteiger partial charge in [-0.3, -0.25) is 0 Å². The van der Waals surface area contributed by atoms with Gasteiger partial charge in [-0.05, 0) is 18.6 Å². The van der Waals surface area contributed by atoms with Gasteiger partial charge in [0.05, 0.1) is 5.97 Å². The quantitative estimate of drug-likeness (QED) is 0.445. The van der Waals surface area contributed by atoms with Gasteiger partial charge < -0.3 is 19.7 Å². The van der Waals surface area contributed by atoms with Crippen LogP contribution < -0.4 is 14.9 Å². The predicted octanol–water partition coefficient (Wildman–Crippen LogP) is 1.61. The number of aliphatic carboxylic acids is 1. The Morgan fingerprint density at radius 2 is 1.88 bits per heavy atom. The highest BCUT2D eigenvalue weighted by molar-refractivity contribution is 7.99. The summed E-state index contributed by atoms with van der Waals surface area (Å²) < 4.78 is 0. The molecule has 2 aromatic rings. The molecule has 0 N–H and O–H groups in total. The Bertz CT molecular complexity index is 766. The van der Waals surface area contributed by atoms with Crippen LogP contribution in [0.15, 0.2) is 35.5 Å². The molecule has 1 aromatic carbocycles. The molecule has 6 nitrogen and oxygen atoms in total. The number of carbonyl (C=O) groups excluding carboxylic acids is 1. The second kappa shape index (κ2) is 7.93. The Labute approximate surface area is 155 Å². The summed E-state index contributed by atoms with van der Waals surface area (Å²) in [6, 6.07) is 10.1. The van der Waals surface area contributed by atoms with Gasteiger partial charge in [-0.1, -0.05) is 41.6 Å².